The van der Waals surface area contributed by atoms with Crippen molar-refractivity contribution in [1.82, 2.24) is 9.97 Å². The Kier molecular flexibility index (Phi) is 4.14. The highest BCUT2D eigenvalue weighted by Gasteiger charge is 2.16. The van der Waals surface area contributed by atoms with Crippen LogP contribution in [0.25, 0.3) is 0 Å². The summed E-state index contributed by atoms with van der Waals surface area (Å²) in [5.41, 5.74) is -0.173. The lowest BCUT2D eigenvalue weighted by Crippen LogP contribution is -2.08. The van der Waals surface area contributed by atoms with Gasteiger partial charge in [-0.2, -0.15) is 0 Å². The maximum atomic E-state index is 11.1. The molecule has 6 heteroatoms. The minimum Gasteiger partial charge on any atom is -0.485 e. The number of hydrogen-bond acceptors (Lipinski definition) is 5. The second-order valence-electron chi connectivity index (χ2n) is 4.23. The Hall–Kier alpha value is -2.63. The first-order chi connectivity index (χ1) is 9.58. The number of nitrogens with zero attached hydrogens (tertiary/aromatic N) is 2. The summed E-state index contributed by atoms with van der Waals surface area (Å²) in [6.07, 6.45) is 2.88. The predicted octanol–water partition coefficient (Wildman–Crippen LogP) is 2.75. The molecule has 0 saturated carbocycles. The van der Waals surface area contributed by atoms with Crippen LogP contribution in [-0.4, -0.2) is 27.1 Å². The molecule has 0 radical (unpaired) electrons. The maximum absolute atomic E-state index is 11.1. The number of carboxylic acid groups (broad SMARTS) is 1. The lowest BCUT2D eigenvalue weighted by atomic mass is 10.3. The largest absolute Gasteiger partial charge is 0.485 e. The Labute approximate surface area is 116 Å². The van der Waals surface area contributed by atoms with Crippen LogP contribution in [0.1, 0.15) is 24.3 Å². The van der Waals surface area contributed by atoms with Crippen LogP contribution in [0.15, 0.2) is 36.7 Å². The molecule has 2 aromatic rings. The third-order valence-electron chi connectivity index (χ3n) is 2.28. The van der Waals surface area contributed by atoms with Crippen molar-refractivity contribution in [3.63, 3.8) is 0 Å². The molecule has 0 fully saturated rings. The first-order valence-corrected chi connectivity index (χ1v) is 6.05. The summed E-state index contributed by atoms with van der Waals surface area (Å²) in [5.74, 6) is -0.394. The van der Waals surface area contributed by atoms with Gasteiger partial charge in [0.25, 0.3) is 5.88 Å². The van der Waals surface area contributed by atoms with Crippen molar-refractivity contribution < 1.29 is 19.4 Å². The highest BCUT2D eigenvalue weighted by molar-refractivity contribution is 5.88. The van der Waals surface area contributed by atoms with Gasteiger partial charge in [0, 0.05) is 12.4 Å². The van der Waals surface area contributed by atoms with Gasteiger partial charge in [-0.05, 0) is 38.1 Å². The molecule has 2 heterocycles. The van der Waals surface area contributed by atoms with E-state index in [0.29, 0.717) is 5.75 Å². The Balaban J connectivity index is 2.33. The molecule has 0 aliphatic heterocycles. The average molecular weight is 274 g/mol. The number of pyridine rings is 2. The van der Waals surface area contributed by atoms with E-state index >= 15 is 0 Å². The summed E-state index contributed by atoms with van der Waals surface area (Å²) in [4.78, 5) is 18.9. The van der Waals surface area contributed by atoms with Crippen molar-refractivity contribution in [2.24, 2.45) is 0 Å². The molecule has 2 aromatic heterocycles. The minimum atomic E-state index is -1.16. The van der Waals surface area contributed by atoms with Crippen molar-refractivity contribution in [3.05, 3.63) is 42.4 Å². The van der Waals surface area contributed by atoms with Crippen LogP contribution in [0.2, 0.25) is 0 Å². The van der Waals surface area contributed by atoms with Gasteiger partial charge in [-0.1, -0.05) is 0 Å². The van der Waals surface area contributed by atoms with Crippen LogP contribution in [0.5, 0.6) is 17.4 Å². The van der Waals surface area contributed by atoms with Crippen molar-refractivity contribution in [2.75, 3.05) is 0 Å². The first kappa shape index (κ1) is 13.8. The Morgan fingerprint density at radius 3 is 2.45 bits per heavy atom. The van der Waals surface area contributed by atoms with Gasteiger partial charge in [0.2, 0.25) is 0 Å². The SMILES string of the molecule is CC(C)Oc1cccnc1Oc1cccnc1C(=O)O. The molecule has 2 rings (SSSR count). The van der Waals surface area contributed by atoms with Crippen LogP contribution >= 0.6 is 0 Å². The molecule has 0 aliphatic rings. The van der Waals surface area contributed by atoms with Crippen molar-refractivity contribution >= 4 is 5.97 Å². The first-order valence-electron chi connectivity index (χ1n) is 6.05. The molecule has 0 aromatic carbocycles. The van der Waals surface area contributed by atoms with E-state index in [2.05, 4.69) is 9.97 Å². The van der Waals surface area contributed by atoms with Gasteiger partial charge in [-0.25, -0.2) is 14.8 Å². The minimum absolute atomic E-state index is 0.0469. The standard InChI is InChI=1S/C14H14N2O4/c1-9(2)19-11-6-4-8-16-13(11)20-10-5-3-7-15-12(10)14(17)18/h3-9H,1-2H3,(H,17,18). The third kappa shape index (κ3) is 3.23. The van der Waals surface area contributed by atoms with Crippen molar-refractivity contribution in [2.45, 2.75) is 20.0 Å². The molecular formula is C14H14N2O4. The van der Waals surface area contributed by atoms with E-state index in [1.165, 1.54) is 12.3 Å². The van der Waals surface area contributed by atoms with Gasteiger partial charge in [0.05, 0.1) is 6.10 Å². The Morgan fingerprint density at radius 2 is 1.80 bits per heavy atom. The molecular weight excluding hydrogens is 260 g/mol. The highest BCUT2D eigenvalue weighted by Crippen LogP contribution is 2.30. The van der Waals surface area contributed by atoms with Gasteiger partial charge in [-0.3, -0.25) is 0 Å². The third-order valence-corrected chi connectivity index (χ3v) is 2.28. The molecule has 1 N–H and O–H groups in total. The fourth-order valence-corrected chi connectivity index (χ4v) is 1.53. The number of carbonyl (C=O) groups is 1. The van der Waals surface area contributed by atoms with Crippen LogP contribution in [0.4, 0.5) is 0 Å². The number of aromatic nitrogens is 2. The number of carboxylic acids is 1. The van der Waals surface area contributed by atoms with Crippen LogP contribution in [-0.2, 0) is 0 Å². The Morgan fingerprint density at radius 1 is 1.15 bits per heavy atom. The molecule has 0 amide bonds. The fourth-order valence-electron chi connectivity index (χ4n) is 1.53. The van der Waals surface area contributed by atoms with Gasteiger partial charge >= 0.3 is 5.97 Å². The quantitative estimate of drug-likeness (QED) is 0.902. The second-order valence-corrected chi connectivity index (χ2v) is 4.23. The van der Waals surface area contributed by atoms with Crippen LogP contribution < -0.4 is 9.47 Å². The summed E-state index contributed by atoms with van der Waals surface area (Å²) in [6, 6.07) is 6.53. The van der Waals surface area contributed by atoms with Crippen LogP contribution in [0, 0.1) is 0 Å². The molecule has 0 atom stereocenters. The van der Waals surface area contributed by atoms with E-state index in [-0.39, 0.29) is 23.4 Å². The number of ether oxygens (including phenoxy) is 2. The zero-order chi connectivity index (χ0) is 14.5. The van der Waals surface area contributed by atoms with Crippen LogP contribution in [0.3, 0.4) is 0 Å². The van der Waals surface area contributed by atoms with E-state index in [4.69, 9.17) is 14.6 Å². The monoisotopic (exact) mass is 274 g/mol. The summed E-state index contributed by atoms with van der Waals surface area (Å²) >= 11 is 0. The number of aromatic carboxylic acids is 1. The fraction of sp³-hybridized carbons (Fsp3) is 0.214. The predicted molar refractivity (Wildman–Crippen MR) is 71.3 cm³/mol. The summed E-state index contributed by atoms with van der Waals surface area (Å²) in [5, 5.41) is 9.06. The summed E-state index contributed by atoms with van der Waals surface area (Å²) in [7, 11) is 0. The molecule has 0 spiro atoms. The van der Waals surface area contributed by atoms with Gasteiger partial charge in [-0.15, -0.1) is 0 Å². The molecule has 20 heavy (non-hydrogen) atoms. The summed E-state index contributed by atoms with van der Waals surface area (Å²) in [6.45, 7) is 3.76. The molecule has 0 bridgehead atoms. The van der Waals surface area contributed by atoms with E-state index in [9.17, 15) is 4.79 Å². The van der Waals surface area contributed by atoms with E-state index in [0.717, 1.165) is 0 Å². The Bertz CT molecular complexity index is 614. The van der Waals surface area contributed by atoms with Gasteiger partial charge in [0.15, 0.2) is 17.2 Å². The second kappa shape index (κ2) is 6.01. The molecule has 0 aliphatic carbocycles. The van der Waals surface area contributed by atoms with Gasteiger partial charge in [0.1, 0.15) is 0 Å². The topological polar surface area (TPSA) is 81.5 Å². The lowest BCUT2D eigenvalue weighted by Gasteiger charge is -2.13. The number of rotatable bonds is 5. The molecule has 6 nitrogen and oxygen atoms in total. The smallest absolute Gasteiger partial charge is 0.358 e. The number of hydrogen-bond donors (Lipinski definition) is 1. The average Bonchev–Trinajstić information content (AvgIpc) is 2.41. The highest BCUT2D eigenvalue weighted by atomic mass is 16.5. The molecule has 0 unspecified atom stereocenters. The molecule has 0 saturated heterocycles. The zero-order valence-electron chi connectivity index (χ0n) is 11.1. The van der Waals surface area contributed by atoms with Gasteiger partial charge < -0.3 is 14.6 Å². The molecule has 104 valence electrons. The van der Waals surface area contributed by atoms with Crippen molar-refractivity contribution in [1.29, 1.82) is 0 Å². The van der Waals surface area contributed by atoms with E-state index in [1.54, 1.807) is 24.4 Å². The van der Waals surface area contributed by atoms with E-state index in [1.807, 2.05) is 13.8 Å². The maximum Gasteiger partial charge on any atom is 0.358 e. The lowest BCUT2D eigenvalue weighted by molar-refractivity contribution is 0.0687. The zero-order valence-corrected chi connectivity index (χ0v) is 11.1. The summed E-state index contributed by atoms with van der Waals surface area (Å²) < 4.78 is 11.1. The van der Waals surface area contributed by atoms with E-state index < -0.39 is 5.97 Å². The normalized spacial score (nSPS) is 10.3. The van der Waals surface area contributed by atoms with Crippen molar-refractivity contribution in [3.8, 4) is 17.4 Å².